The summed E-state index contributed by atoms with van der Waals surface area (Å²) < 4.78 is 0. The van der Waals surface area contributed by atoms with Gasteiger partial charge in [0, 0.05) is 34.1 Å². The highest BCUT2D eigenvalue weighted by molar-refractivity contribution is 5.89. The number of nitrogens with zero attached hydrogens (tertiary/aromatic N) is 2. The third kappa shape index (κ3) is 5.02. The lowest BCUT2D eigenvalue weighted by Crippen LogP contribution is -2.39. The molecule has 0 aliphatic rings. The Hall–Kier alpha value is -3.40. The van der Waals surface area contributed by atoms with Crippen LogP contribution in [0.15, 0.2) is 91.0 Å². The first-order valence-electron chi connectivity index (χ1n) is 10.5. The molecule has 2 unspecified atom stereocenters. The SMILES string of the molecule is CN(C)C(=O)C(c1ccccc1)C(c1ccccc1)C(C(=O)N(C)C)c1ccccc1. The smallest absolute Gasteiger partial charge is 0.230 e. The molecule has 3 rings (SSSR count). The van der Waals surface area contributed by atoms with E-state index in [-0.39, 0.29) is 17.7 Å². The van der Waals surface area contributed by atoms with Gasteiger partial charge in [-0.3, -0.25) is 9.59 Å². The summed E-state index contributed by atoms with van der Waals surface area (Å²) in [5.41, 5.74) is 2.78. The van der Waals surface area contributed by atoms with E-state index in [1.165, 1.54) is 0 Å². The van der Waals surface area contributed by atoms with Gasteiger partial charge in [0.1, 0.15) is 0 Å². The van der Waals surface area contributed by atoms with Crippen molar-refractivity contribution >= 4 is 11.8 Å². The fourth-order valence-electron chi connectivity index (χ4n) is 4.14. The first-order valence-corrected chi connectivity index (χ1v) is 10.5. The number of hydrogen-bond donors (Lipinski definition) is 0. The standard InChI is InChI=1S/C27H30N2O2/c1-28(2)26(30)24(21-16-10-6-11-17-21)23(20-14-8-5-9-15-20)25(27(31)29(3)4)22-18-12-7-13-19-22/h5-19,23-25H,1-4H3. The van der Waals surface area contributed by atoms with Crippen LogP contribution in [0.25, 0.3) is 0 Å². The van der Waals surface area contributed by atoms with E-state index in [9.17, 15) is 9.59 Å². The Bertz CT molecular complexity index is 922. The van der Waals surface area contributed by atoms with Crippen LogP contribution in [0, 0.1) is 0 Å². The van der Waals surface area contributed by atoms with E-state index < -0.39 is 11.8 Å². The third-order valence-corrected chi connectivity index (χ3v) is 5.63. The van der Waals surface area contributed by atoms with Gasteiger partial charge in [-0.2, -0.15) is 0 Å². The average Bonchev–Trinajstić information content (AvgIpc) is 2.80. The van der Waals surface area contributed by atoms with Crippen molar-refractivity contribution in [2.75, 3.05) is 28.2 Å². The average molecular weight is 415 g/mol. The topological polar surface area (TPSA) is 40.6 Å². The van der Waals surface area contributed by atoms with Gasteiger partial charge in [0.15, 0.2) is 0 Å². The maximum absolute atomic E-state index is 13.6. The summed E-state index contributed by atoms with van der Waals surface area (Å²) in [6.07, 6.45) is 0. The Labute approximate surface area is 185 Å². The highest BCUT2D eigenvalue weighted by Gasteiger charge is 2.41. The summed E-state index contributed by atoms with van der Waals surface area (Å²) in [6, 6.07) is 29.5. The molecule has 0 heterocycles. The third-order valence-electron chi connectivity index (χ3n) is 5.63. The van der Waals surface area contributed by atoms with Gasteiger partial charge in [0.25, 0.3) is 0 Å². The van der Waals surface area contributed by atoms with Crippen LogP contribution < -0.4 is 0 Å². The van der Waals surface area contributed by atoms with Crippen molar-refractivity contribution in [2.24, 2.45) is 0 Å². The van der Waals surface area contributed by atoms with Crippen LogP contribution in [0.5, 0.6) is 0 Å². The Morgan fingerprint density at radius 1 is 0.516 bits per heavy atom. The first kappa shape index (κ1) is 22.3. The van der Waals surface area contributed by atoms with Crippen molar-refractivity contribution in [2.45, 2.75) is 17.8 Å². The monoisotopic (exact) mass is 414 g/mol. The van der Waals surface area contributed by atoms with E-state index in [1.54, 1.807) is 38.0 Å². The van der Waals surface area contributed by atoms with Gasteiger partial charge < -0.3 is 9.80 Å². The molecule has 0 aromatic heterocycles. The van der Waals surface area contributed by atoms with Crippen LogP contribution in [0.2, 0.25) is 0 Å². The number of carbonyl (C=O) groups excluding carboxylic acids is 2. The predicted molar refractivity (Wildman–Crippen MR) is 125 cm³/mol. The molecule has 0 aliphatic heterocycles. The number of carbonyl (C=O) groups is 2. The Morgan fingerprint density at radius 2 is 0.806 bits per heavy atom. The van der Waals surface area contributed by atoms with Gasteiger partial charge in [-0.1, -0.05) is 91.0 Å². The number of hydrogen-bond acceptors (Lipinski definition) is 2. The van der Waals surface area contributed by atoms with E-state index >= 15 is 0 Å². The minimum Gasteiger partial charge on any atom is -0.348 e. The van der Waals surface area contributed by atoms with Gasteiger partial charge in [0.05, 0.1) is 11.8 Å². The molecule has 0 fully saturated rings. The summed E-state index contributed by atoms with van der Waals surface area (Å²) >= 11 is 0. The zero-order valence-corrected chi connectivity index (χ0v) is 18.6. The summed E-state index contributed by atoms with van der Waals surface area (Å²) in [4.78, 5) is 30.4. The molecule has 31 heavy (non-hydrogen) atoms. The lowest BCUT2D eigenvalue weighted by molar-refractivity contribution is -0.133. The molecule has 0 bridgehead atoms. The molecule has 0 aliphatic carbocycles. The van der Waals surface area contributed by atoms with Crippen molar-refractivity contribution in [3.05, 3.63) is 108 Å². The lowest BCUT2D eigenvalue weighted by Gasteiger charge is -2.36. The summed E-state index contributed by atoms with van der Waals surface area (Å²) in [6.45, 7) is 0. The molecule has 0 radical (unpaired) electrons. The van der Waals surface area contributed by atoms with Crippen molar-refractivity contribution in [3.63, 3.8) is 0 Å². The van der Waals surface area contributed by atoms with Gasteiger partial charge >= 0.3 is 0 Å². The van der Waals surface area contributed by atoms with Crippen LogP contribution in [-0.4, -0.2) is 49.8 Å². The van der Waals surface area contributed by atoms with Gasteiger partial charge in [0.2, 0.25) is 11.8 Å². The maximum atomic E-state index is 13.6. The minimum atomic E-state index is -0.507. The van der Waals surface area contributed by atoms with Gasteiger partial charge in [-0.15, -0.1) is 0 Å². The second-order valence-electron chi connectivity index (χ2n) is 8.18. The Morgan fingerprint density at radius 3 is 1.10 bits per heavy atom. The molecule has 2 amide bonds. The van der Waals surface area contributed by atoms with Crippen LogP contribution in [0.1, 0.15) is 34.4 Å². The highest BCUT2D eigenvalue weighted by atomic mass is 16.2. The van der Waals surface area contributed by atoms with Crippen molar-refractivity contribution in [1.82, 2.24) is 9.80 Å². The van der Waals surface area contributed by atoms with Gasteiger partial charge in [-0.05, 0) is 16.7 Å². The van der Waals surface area contributed by atoms with Crippen molar-refractivity contribution < 1.29 is 9.59 Å². The number of amides is 2. The van der Waals surface area contributed by atoms with E-state index in [0.717, 1.165) is 16.7 Å². The summed E-state index contributed by atoms with van der Waals surface area (Å²) in [5.74, 6) is -1.42. The number of rotatable bonds is 7. The molecular formula is C27H30N2O2. The molecule has 3 aromatic rings. The zero-order valence-electron chi connectivity index (χ0n) is 18.6. The second kappa shape index (κ2) is 10.1. The molecule has 160 valence electrons. The summed E-state index contributed by atoms with van der Waals surface area (Å²) in [7, 11) is 7.08. The first-order chi connectivity index (χ1) is 14.9. The Balaban J connectivity index is 2.29. The van der Waals surface area contributed by atoms with E-state index in [0.29, 0.717) is 0 Å². The van der Waals surface area contributed by atoms with Crippen LogP contribution in [-0.2, 0) is 9.59 Å². The van der Waals surface area contributed by atoms with Crippen LogP contribution >= 0.6 is 0 Å². The van der Waals surface area contributed by atoms with Crippen molar-refractivity contribution in [1.29, 1.82) is 0 Å². The molecule has 2 atom stereocenters. The summed E-state index contributed by atoms with van der Waals surface area (Å²) in [5, 5.41) is 0. The fraction of sp³-hybridized carbons (Fsp3) is 0.259. The van der Waals surface area contributed by atoms with E-state index in [4.69, 9.17) is 0 Å². The lowest BCUT2D eigenvalue weighted by atomic mass is 9.70. The molecule has 3 aromatic carbocycles. The van der Waals surface area contributed by atoms with Crippen molar-refractivity contribution in [3.8, 4) is 0 Å². The molecular weight excluding hydrogens is 384 g/mol. The fourth-order valence-corrected chi connectivity index (χ4v) is 4.14. The number of likely N-dealkylation sites (N-methyl/N-ethyl adjacent to an activating group) is 2. The van der Waals surface area contributed by atoms with Crippen LogP contribution in [0.4, 0.5) is 0 Å². The molecule has 0 saturated heterocycles. The molecule has 4 nitrogen and oxygen atoms in total. The van der Waals surface area contributed by atoms with Gasteiger partial charge in [-0.25, -0.2) is 0 Å². The van der Waals surface area contributed by atoms with Crippen LogP contribution in [0.3, 0.4) is 0 Å². The molecule has 0 saturated carbocycles. The van der Waals surface area contributed by atoms with E-state index in [1.807, 2.05) is 91.0 Å². The quantitative estimate of drug-likeness (QED) is 0.571. The second-order valence-corrected chi connectivity index (χ2v) is 8.18. The largest absolute Gasteiger partial charge is 0.348 e. The van der Waals surface area contributed by atoms with E-state index in [2.05, 4.69) is 0 Å². The normalized spacial score (nSPS) is 13.7. The Kier molecular flexibility index (Phi) is 7.24. The molecule has 0 spiro atoms. The highest BCUT2D eigenvalue weighted by Crippen LogP contribution is 2.45. The molecule has 4 heteroatoms. The maximum Gasteiger partial charge on any atom is 0.230 e. The number of benzene rings is 3. The predicted octanol–water partition coefficient (Wildman–Crippen LogP) is 4.51. The molecule has 0 N–H and O–H groups in total. The minimum absolute atomic E-state index is 0.0208. The zero-order chi connectivity index (χ0) is 22.4.